The summed E-state index contributed by atoms with van der Waals surface area (Å²) in [5.74, 6) is 0.949. The maximum absolute atomic E-state index is 12.0. The number of imidazole rings is 1. The third-order valence-corrected chi connectivity index (χ3v) is 3.69. The molecule has 0 atom stereocenters. The number of benzene rings is 1. The zero-order chi connectivity index (χ0) is 16.2. The Bertz CT molecular complexity index is 814. The molecule has 0 saturated heterocycles. The van der Waals surface area contributed by atoms with Gasteiger partial charge in [0.15, 0.2) is 11.6 Å². The Morgan fingerprint density at radius 1 is 1.26 bits per heavy atom. The van der Waals surface area contributed by atoms with Gasteiger partial charge in [0, 0.05) is 19.0 Å². The zero-order valence-electron chi connectivity index (χ0n) is 13.0. The quantitative estimate of drug-likeness (QED) is 0.680. The van der Waals surface area contributed by atoms with Crippen molar-refractivity contribution < 1.29 is 9.59 Å². The molecule has 23 heavy (non-hydrogen) atoms. The molecule has 6 heteroatoms. The van der Waals surface area contributed by atoms with Crippen LogP contribution in [0.5, 0.6) is 0 Å². The monoisotopic (exact) mass is 310 g/mol. The summed E-state index contributed by atoms with van der Waals surface area (Å²) in [7, 11) is 0. The van der Waals surface area contributed by atoms with Crippen molar-refractivity contribution in [1.82, 2.24) is 19.7 Å². The van der Waals surface area contributed by atoms with Crippen molar-refractivity contribution in [2.75, 3.05) is 0 Å². The molecule has 118 valence electrons. The highest BCUT2D eigenvalue weighted by Crippen LogP contribution is 2.12. The van der Waals surface area contributed by atoms with Gasteiger partial charge in [-0.25, -0.2) is 4.98 Å². The number of H-pyrrole nitrogens is 1. The number of para-hydroxylation sites is 2. The first-order chi connectivity index (χ1) is 11.1. The predicted molar refractivity (Wildman–Crippen MR) is 86.3 cm³/mol. The van der Waals surface area contributed by atoms with Gasteiger partial charge in [0.2, 0.25) is 0 Å². The number of rotatable bonds is 7. The molecular weight excluding hydrogens is 292 g/mol. The number of aryl methyl sites for hydroxylation is 1. The summed E-state index contributed by atoms with van der Waals surface area (Å²) in [6, 6.07) is 7.87. The van der Waals surface area contributed by atoms with Gasteiger partial charge >= 0.3 is 0 Å². The van der Waals surface area contributed by atoms with E-state index >= 15 is 0 Å². The second kappa shape index (κ2) is 6.56. The molecule has 0 aliphatic carbocycles. The fourth-order valence-electron chi connectivity index (χ4n) is 2.47. The molecule has 0 amide bonds. The minimum atomic E-state index is -0.0476. The molecule has 0 saturated carbocycles. The topological polar surface area (TPSA) is 80.6 Å². The first-order valence-corrected chi connectivity index (χ1v) is 7.60. The molecule has 1 N–H and O–H groups in total. The molecule has 6 nitrogen and oxygen atoms in total. The lowest BCUT2D eigenvalue weighted by Gasteiger charge is -2.00. The van der Waals surface area contributed by atoms with Crippen molar-refractivity contribution in [3.63, 3.8) is 0 Å². The standard InChI is InChI=1S/C17H18N4O2/c1-12(22)13-9-18-21(10-13)11-14(23)5-4-8-17-19-15-6-2-3-7-16(15)20-17/h2-3,6-7,9-10H,4-5,8,11H2,1H3,(H,19,20). The number of carbonyl (C=O) groups is 2. The molecule has 1 aromatic carbocycles. The van der Waals surface area contributed by atoms with Gasteiger partial charge in [0.05, 0.1) is 29.3 Å². The lowest BCUT2D eigenvalue weighted by atomic mass is 10.1. The van der Waals surface area contributed by atoms with E-state index < -0.39 is 0 Å². The van der Waals surface area contributed by atoms with E-state index in [-0.39, 0.29) is 18.1 Å². The van der Waals surface area contributed by atoms with Crippen molar-refractivity contribution >= 4 is 22.6 Å². The number of hydrogen-bond acceptors (Lipinski definition) is 4. The first kappa shape index (κ1) is 15.1. The summed E-state index contributed by atoms with van der Waals surface area (Å²) in [5, 5.41) is 4.03. The highest BCUT2D eigenvalue weighted by Gasteiger charge is 2.08. The third-order valence-electron chi connectivity index (χ3n) is 3.69. The first-order valence-electron chi connectivity index (χ1n) is 7.60. The van der Waals surface area contributed by atoms with E-state index in [1.54, 1.807) is 6.20 Å². The number of aromatic nitrogens is 4. The molecule has 3 aromatic rings. The molecule has 0 fully saturated rings. The second-order valence-electron chi connectivity index (χ2n) is 5.58. The van der Waals surface area contributed by atoms with Gasteiger partial charge in [-0.1, -0.05) is 12.1 Å². The summed E-state index contributed by atoms with van der Waals surface area (Å²) in [6.45, 7) is 1.68. The Kier molecular flexibility index (Phi) is 4.32. The van der Waals surface area contributed by atoms with Gasteiger partial charge in [-0.2, -0.15) is 5.10 Å². The van der Waals surface area contributed by atoms with E-state index in [2.05, 4.69) is 15.1 Å². The average molecular weight is 310 g/mol. The number of aromatic amines is 1. The van der Waals surface area contributed by atoms with Gasteiger partial charge in [-0.3, -0.25) is 14.3 Å². The van der Waals surface area contributed by atoms with Gasteiger partial charge in [-0.15, -0.1) is 0 Å². The Labute approximate surface area is 133 Å². The van der Waals surface area contributed by atoms with Crippen LogP contribution in [-0.4, -0.2) is 31.3 Å². The van der Waals surface area contributed by atoms with E-state index in [1.165, 1.54) is 17.8 Å². The van der Waals surface area contributed by atoms with E-state index in [0.29, 0.717) is 12.0 Å². The minimum Gasteiger partial charge on any atom is -0.342 e. The summed E-state index contributed by atoms with van der Waals surface area (Å²) < 4.78 is 1.51. The molecule has 0 spiro atoms. The Hall–Kier alpha value is -2.76. The molecule has 0 aliphatic rings. The van der Waals surface area contributed by atoms with Crippen molar-refractivity contribution in [1.29, 1.82) is 0 Å². The van der Waals surface area contributed by atoms with Crippen LogP contribution in [0.15, 0.2) is 36.7 Å². The van der Waals surface area contributed by atoms with E-state index in [4.69, 9.17) is 0 Å². The number of Topliss-reactive ketones (excluding diaryl/α,β-unsaturated/α-hetero) is 2. The van der Waals surface area contributed by atoms with Crippen LogP contribution in [0.3, 0.4) is 0 Å². The summed E-state index contributed by atoms with van der Waals surface area (Å²) in [4.78, 5) is 30.9. The molecule has 0 radical (unpaired) electrons. The maximum Gasteiger partial charge on any atom is 0.162 e. The number of carbonyl (C=O) groups excluding carboxylic acids is 2. The van der Waals surface area contributed by atoms with Crippen LogP contribution in [0.25, 0.3) is 11.0 Å². The van der Waals surface area contributed by atoms with Gasteiger partial charge in [-0.05, 0) is 25.5 Å². The van der Waals surface area contributed by atoms with Crippen molar-refractivity contribution in [3.05, 3.63) is 48.0 Å². The van der Waals surface area contributed by atoms with E-state index in [9.17, 15) is 9.59 Å². The smallest absolute Gasteiger partial charge is 0.162 e. The molecule has 0 aliphatic heterocycles. The molecule has 0 bridgehead atoms. The fourth-order valence-corrected chi connectivity index (χ4v) is 2.47. The van der Waals surface area contributed by atoms with Crippen molar-refractivity contribution in [3.8, 4) is 0 Å². The predicted octanol–water partition coefficient (Wildman–Crippen LogP) is 2.55. The largest absolute Gasteiger partial charge is 0.342 e. The molecule has 3 rings (SSSR count). The Balaban J connectivity index is 1.49. The summed E-state index contributed by atoms with van der Waals surface area (Å²) >= 11 is 0. The zero-order valence-corrected chi connectivity index (χ0v) is 13.0. The van der Waals surface area contributed by atoms with Crippen LogP contribution < -0.4 is 0 Å². The van der Waals surface area contributed by atoms with Crippen molar-refractivity contribution in [2.45, 2.75) is 32.7 Å². The van der Waals surface area contributed by atoms with Crippen LogP contribution >= 0.6 is 0 Å². The van der Waals surface area contributed by atoms with Crippen molar-refractivity contribution in [2.24, 2.45) is 0 Å². The van der Waals surface area contributed by atoms with Crippen LogP contribution in [0.2, 0.25) is 0 Å². The van der Waals surface area contributed by atoms with Gasteiger partial charge in [0.1, 0.15) is 5.82 Å². The highest BCUT2D eigenvalue weighted by molar-refractivity contribution is 5.93. The number of ketones is 2. The van der Waals surface area contributed by atoms with Crippen LogP contribution in [-0.2, 0) is 17.8 Å². The lowest BCUT2D eigenvalue weighted by Crippen LogP contribution is -2.10. The van der Waals surface area contributed by atoms with E-state index in [0.717, 1.165) is 29.7 Å². The number of nitrogens with one attached hydrogen (secondary N) is 1. The lowest BCUT2D eigenvalue weighted by molar-refractivity contribution is -0.119. The van der Waals surface area contributed by atoms with Crippen LogP contribution in [0.4, 0.5) is 0 Å². The molecule has 2 aromatic heterocycles. The summed E-state index contributed by atoms with van der Waals surface area (Å²) in [6.07, 6.45) is 5.04. The Morgan fingerprint density at radius 2 is 2.09 bits per heavy atom. The summed E-state index contributed by atoms with van der Waals surface area (Å²) in [5.41, 5.74) is 2.49. The maximum atomic E-state index is 12.0. The van der Waals surface area contributed by atoms with Crippen LogP contribution in [0.1, 0.15) is 35.9 Å². The normalized spacial score (nSPS) is 11.0. The number of fused-ring (bicyclic) bond motifs is 1. The number of nitrogens with zero attached hydrogens (tertiary/aromatic N) is 3. The minimum absolute atomic E-state index is 0.0476. The van der Waals surface area contributed by atoms with E-state index in [1.807, 2.05) is 24.3 Å². The van der Waals surface area contributed by atoms with Crippen LogP contribution in [0, 0.1) is 0 Å². The molecular formula is C17H18N4O2. The fraction of sp³-hybridized carbons (Fsp3) is 0.294. The SMILES string of the molecule is CC(=O)c1cnn(CC(=O)CCCc2nc3ccccc3[nH]2)c1. The van der Waals surface area contributed by atoms with Gasteiger partial charge in [0.25, 0.3) is 0 Å². The molecule has 2 heterocycles. The molecule has 0 unspecified atom stereocenters. The Morgan fingerprint density at radius 3 is 2.83 bits per heavy atom. The average Bonchev–Trinajstić information content (AvgIpc) is 3.13. The van der Waals surface area contributed by atoms with Gasteiger partial charge < -0.3 is 4.98 Å². The third kappa shape index (κ3) is 3.71. The highest BCUT2D eigenvalue weighted by atomic mass is 16.1. The second-order valence-corrected chi connectivity index (χ2v) is 5.58. The number of hydrogen-bond donors (Lipinski definition) is 1.